The number of urea groups is 1. The van der Waals surface area contributed by atoms with Gasteiger partial charge in [-0.15, -0.1) is 0 Å². The van der Waals surface area contributed by atoms with Crippen molar-refractivity contribution in [1.82, 2.24) is 5.32 Å². The topological polar surface area (TPSA) is 83.7 Å². The van der Waals surface area contributed by atoms with Crippen molar-refractivity contribution in [3.63, 3.8) is 0 Å². The van der Waals surface area contributed by atoms with Crippen molar-refractivity contribution in [3.05, 3.63) is 48.4 Å². The maximum Gasteiger partial charge on any atom is 0.319 e. The fourth-order valence-corrected chi connectivity index (χ4v) is 2.09. The van der Waals surface area contributed by atoms with Gasteiger partial charge in [0.25, 0.3) is 0 Å². The van der Waals surface area contributed by atoms with Crippen LogP contribution in [0.5, 0.6) is 5.75 Å². The van der Waals surface area contributed by atoms with Crippen LogP contribution < -0.4 is 15.4 Å². The number of rotatable bonds is 9. The summed E-state index contributed by atoms with van der Waals surface area (Å²) >= 11 is 0. The number of unbranched alkanes of at least 4 members (excludes halogenated alkanes) is 1. The molecule has 2 aromatic rings. The highest BCUT2D eigenvalue weighted by atomic mass is 16.5. The summed E-state index contributed by atoms with van der Waals surface area (Å²) in [5.41, 5.74) is 0.682. The molecule has 2 rings (SSSR count). The minimum Gasteiger partial charge on any atom is -0.494 e. The Hall–Kier alpha value is -2.47. The van der Waals surface area contributed by atoms with Gasteiger partial charge in [-0.1, -0.05) is 13.3 Å². The van der Waals surface area contributed by atoms with Crippen molar-refractivity contribution in [2.45, 2.75) is 32.3 Å². The molecule has 0 radical (unpaired) electrons. The summed E-state index contributed by atoms with van der Waals surface area (Å²) in [7, 11) is 0. The minimum absolute atomic E-state index is 0.318. The number of aliphatic hydroxyl groups is 1. The predicted octanol–water partition coefficient (Wildman–Crippen LogP) is 3.70. The Bertz CT molecular complexity index is 596. The van der Waals surface area contributed by atoms with E-state index < -0.39 is 6.10 Å². The average molecular weight is 332 g/mol. The average Bonchev–Trinajstić information content (AvgIpc) is 3.11. The third-order valence-electron chi connectivity index (χ3n) is 3.45. The van der Waals surface area contributed by atoms with Gasteiger partial charge in [0.2, 0.25) is 0 Å². The third-order valence-corrected chi connectivity index (χ3v) is 3.45. The van der Waals surface area contributed by atoms with Gasteiger partial charge in [0, 0.05) is 12.2 Å². The van der Waals surface area contributed by atoms with Crippen LogP contribution in [0.25, 0.3) is 0 Å². The first kappa shape index (κ1) is 17.9. The lowest BCUT2D eigenvalue weighted by molar-refractivity contribution is 0.140. The SMILES string of the molecule is CCCCOc1ccc(NC(=O)NCCC(O)c2ccco2)cc1. The van der Waals surface area contributed by atoms with Crippen LogP contribution in [0, 0.1) is 0 Å². The van der Waals surface area contributed by atoms with E-state index in [1.54, 1.807) is 24.3 Å². The second-order valence-corrected chi connectivity index (χ2v) is 5.43. The zero-order chi connectivity index (χ0) is 17.2. The summed E-state index contributed by atoms with van der Waals surface area (Å²) < 4.78 is 10.7. The molecule has 6 nitrogen and oxygen atoms in total. The first-order valence-electron chi connectivity index (χ1n) is 8.18. The molecule has 2 amide bonds. The highest BCUT2D eigenvalue weighted by molar-refractivity contribution is 5.89. The molecule has 0 aliphatic heterocycles. The second kappa shape index (κ2) is 9.62. The van der Waals surface area contributed by atoms with E-state index in [4.69, 9.17) is 9.15 Å². The Morgan fingerprint density at radius 1 is 1.29 bits per heavy atom. The second-order valence-electron chi connectivity index (χ2n) is 5.43. The Kier molecular flexibility index (Phi) is 7.17. The largest absolute Gasteiger partial charge is 0.494 e. The molecule has 1 atom stereocenters. The minimum atomic E-state index is -0.722. The number of anilines is 1. The van der Waals surface area contributed by atoms with E-state index in [0.717, 1.165) is 18.6 Å². The number of ether oxygens (including phenoxy) is 1. The normalized spacial score (nSPS) is 11.8. The van der Waals surface area contributed by atoms with Crippen molar-refractivity contribution in [2.24, 2.45) is 0 Å². The number of carbonyl (C=O) groups is 1. The molecule has 0 spiro atoms. The van der Waals surface area contributed by atoms with Crippen molar-refractivity contribution in [3.8, 4) is 5.75 Å². The van der Waals surface area contributed by atoms with E-state index in [2.05, 4.69) is 17.6 Å². The first-order valence-corrected chi connectivity index (χ1v) is 8.18. The van der Waals surface area contributed by atoms with Gasteiger partial charge in [-0.05, 0) is 49.2 Å². The Morgan fingerprint density at radius 2 is 2.08 bits per heavy atom. The molecule has 1 aromatic carbocycles. The summed E-state index contributed by atoms with van der Waals surface area (Å²) in [6.07, 6.45) is 3.28. The molecule has 1 aromatic heterocycles. The lowest BCUT2D eigenvalue weighted by atomic mass is 10.2. The molecule has 0 aliphatic carbocycles. The van der Waals surface area contributed by atoms with Crippen LogP contribution in [0.15, 0.2) is 47.1 Å². The predicted molar refractivity (Wildman–Crippen MR) is 92.2 cm³/mol. The monoisotopic (exact) mass is 332 g/mol. The van der Waals surface area contributed by atoms with Gasteiger partial charge in [0.1, 0.15) is 17.6 Å². The molecule has 0 fully saturated rings. The van der Waals surface area contributed by atoms with E-state index in [1.807, 2.05) is 12.1 Å². The Morgan fingerprint density at radius 3 is 2.75 bits per heavy atom. The molecule has 0 bridgehead atoms. The number of amides is 2. The third kappa shape index (κ3) is 5.96. The van der Waals surface area contributed by atoms with Crippen molar-refractivity contribution in [1.29, 1.82) is 0 Å². The molecule has 1 heterocycles. The summed E-state index contributed by atoms with van der Waals surface area (Å²) in [4.78, 5) is 11.8. The van der Waals surface area contributed by atoms with Gasteiger partial charge in [0.15, 0.2) is 0 Å². The van der Waals surface area contributed by atoms with E-state index in [-0.39, 0.29) is 6.03 Å². The molecule has 0 saturated heterocycles. The fraction of sp³-hybridized carbons (Fsp3) is 0.389. The Labute approximate surface area is 141 Å². The highest BCUT2D eigenvalue weighted by Gasteiger charge is 2.10. The highest BCUT2D eigenvalue weighted by Crippen LogP contribution is 2.17. The molecule has 0 saturated carbocycles. The standard InChI is InChI=1S/C18H24N2O4/c1-2-3-12-23-15-8-6-14(7-9-15)20-18(22)19-11-10-16(21)17-5-4-13-24-17/h4-9,13,16,21H,2-3,10-12H2,1H3,(H2,19,20,22). The summed E-state index contributed by atoms with van der Waals surface area (Å²) in [5, 5.41) is 15.3. The molecular weight excluding hydrogens is 308 g/mol. The molecular formula is C18H24N2O4. The summed E-state index contributed by atoms with van der Waals surface area (Å²) in [5.74, 6) is 1.28. The van der Waals surface area contributed by atoms with Gasteiger partial charge in [0.05, 0.1) is 12.9 Å². The van der Waals surface area contributed by atoms with Crippen LogP contribution in [-0.2, 0) is 0 Å². The maximum absolute atomic E-state index is 11.8. The first-order chi connectivity index (χ1) is 11.7. The van der Waals surface area contributed by atoms with Crippen LogP contribution in [0.1, 0.15) is 38.1 Å². The molecule has 24 heavy (non-hydrogen) atoms. The molecule has 1 unspecified atom stereocenters. The van der Waals surface area contributed by atoms with E-state index in [0.29, 0.717) is 31.0 Å². The van der Waals surface area contributed by atoms with E-state index >= 15 is 0 Å². The molecule has 130 valence electrons. The zero-order valence-electron chi connectivity index (χ0n) is 13.8. The lowest BCUT2D eigenvalue weighted by Crippen LogP contribution is -2.30. The zero-order valence-corrected chi connectivity index (χ0v) is 13.8. The fourth-order valence-electron chi connectivity index (χ4n) is 2.09. The number of benzene rings is 1. The van der Waals surface area contributed by atoms with Gasteiger partial charge >= 0.3 is 6.03 Å². The lowest BCUT2D eigenvalue weighted by Gasteiger charge is -2.11. The van der Waals surface area contributed by atoms with Gasteiger partial charge in [-0.2, -0.15) is 0 Å². The Balaban J connectivity index is 1.68. The van der Waals surface area contributed by atoms with Gasteiger partial charge in [-0.3, -0.25) is 0 Å². The maximum atomic E-state index is 11.8. The van der Waals surface area contributed by atoms with Crippen LogP contribution in [0.3, 0.4) is 0 Å². The van der Waals surface area contributed by atoms with Gasteiger partial charge in [-0.25, -0.2) is 4.79 Å². The number of carbonyl (C=O) groups excluding carboxylic acids is 1. The van der Waals surface area contributed by atoms with Crippen LogP contribution in [-0.4, -0.2) is 24.3 Å². The van der Waals surface area contributed by atoms with Crippen LogP contribution in [0.4, 0.5) is 10.5 Å². The van der Waals surface area contributed by atoms with Crippen LogP contribution in [0.2, 0.25) is 0 Å². The van der Waals surface area contributed by atoms with Crippen molar-refractivity contribution >= 4 is 11.7 Å². The summed E-state index contributed by atoms with van der Waals surface area (Å²) in [6.45, 7) is 3.15. The van der Waals surface area contributed by atoms with E-state index in [9.17, 15) is 9.90 Å². The van der Waals surface area contributed by atoms with Crippen LogP contribution >= 0.6 is 0 Å². The smallest absolute Gasteiger partial charge is 0.319 e. The summed E-state index contributed by atoms with van der Waals surface area (Å²) in [6, 6.07) is 10.3. The van der Waals surface area contributed by atoms with E-state index in [1.165, 1.54) is 6.26 Å². The number of nitrogens with one attached hydrogen (secondary N) is 2. The number of hydrogen-bond acceptors (Lipinski definition) is 4. The number of aliphatic hydroxyl groups excluding tert-OH is 1. The quantitative estimate of drug-likeness (QED) is 0.611. The van der Waals surface area contributed by atoms with Gasteiger partial charge < -0.3 is 24.9 Å². The molecule has 3 N–H and O–H groups in total. The molecule has 0 aliphatic rings. The number of hydrogen-bond donors (Lipinski definition) is 3. The van der Waals surface area contributed by atoms with Crippen molar-refractivity contribution < 1.29 is 19.1 Å². The molecule has 6 heteroatoms. The van der Waals surface area contributed by atoms with Crippen molar-refractivity contribution in [2.75, 3.05) is 18.5 Å². The number of furan rings is 1.